The Kier molecular flexibility index (Phi) is 8.96. The van der Waals surface area contributed by atoms with Crippen molar-refractivity contribution >= 4 is 35.6 Å². The standard InChI is InChI=1S/C22H24N2O5S/c1-29-19-11-7-6-10-16(19)20(25)24-18(14-15-8-4-3-5-9-15)21(26)23-17(22(27)28)12-13-30-2/h3-11,14,17H,12-13H2,1-2H3,(H,23,26)(H,24,25)(H,27,28)/b18-14-/t17-/m0/s1. The van der Waals surface area contributed by atoms with Crippen LogP contribution in [0.15, 0.2) is 60.3 Å². The quantitative estimate of drug-likeness (QED) is 0.503. The van der Waals surface area contributed by atoms with Gasteiger partial charge >= 0.3 is 5.97 Å². The van der Waals surface area contributed by atoms with Gasteiger partial charge in [-0.2, -0.15) is 11.8 Å². The SMILES string of the molecule is COc1ccccc1C(=O)N/C(=C\c1ccccc1)C(=O)N[C@@H](CCSC)C(=O)O. The van der Waals surface area contributed by atoms with E-state index in [0.717, 1.165) is 0 Å². The summed E-state index contributed by atoms with van der Waals surface area (Å²) in [6.45, 7) is 0. The van der Waals surface area contributed by atoms with Crippen molar-refractivity contribution in [3.05, 3.63) is 71.4 Å². The van der Waals surface area contributed by atoms with Crippen LogP contribution >= 0.6 is 11.8 Å². The molecule has 0 saturated carbocycles. The highest BCUT2D eigenvalue weighted by atomic mass is 32.2. The number of hydrogen-bond acceptors (Lipinski definition) is 5. The number of benzene rings is 2. The van der Waals surface area contributed by atoms with Gasteiger partial charge in [-0.1, -0.05) is 42.5 Å². The predicted molar refractivity (Wildman–Crippen MR) is 117 cm³/mol. The molecular formula is C22H24N2O5S. The number of hydrogen-bond donors (Lipinski definition) is 3. The molecule has 2 aromatic rings. The lowest BCUT2D eigenvalue weighted by Crippen LogP contribution is -2.44. The lowest BCUT2D eigenvalue weighted by atomic mass is 10.1. The van der Waals surface area contributed by atoms with E-state index in [4.69, 9.17) is 4.74 Å². The second-order valence-corrected chi connectivity index (χ2v) is 7.25. The van der Waals surface area contributed by atoms with Crippen LogP contribution in [0.3, 0.4) is 0 Å². The summed E-state index contributed by atoms with van der Waals surface area (Å²) in [6.07, 6.45) is 3.62. The molecule has 0 heterocycles. The fourth-order valence-corrected chi connectivity index (χ4v) is 3.10. The number of rotatable bonds is 10. The molecule has 2 aromatic carbocycles. The van der Waals surface area contributed by atoms with Gasteiger partial charge in [0.2, 0.25) is 0 Å². The van der Waals surface area contributed by atoms with Gasteiger partial charge in [0.05, 0.1) is 12.7 Å². The number of amides is 2. The van der Waals surface area contributed by atoms with Crippen LogP contribution in [-0.4, -0.2) is 48.1 Å². The molecular weight excluding hydrogens is 404 g/mol. The van der Waals surface area contributed by atoms with Crippen molar-refractivity contribution in [1.29, 1.82) is 0 Å². The minimum atomic E-state index is -1.13. The molecule has 30 heavy (non-hydrogen) atoms. The molecule has 0 saturated heterocycles. The maximum absolute atomic E-state index is 12.9. The predicted octanol–water partition coefficient (Wildman–Crippen LogP) is 2.79. The number of nitrogens with one attached hydrogen (secondary N) is 2. The van der Waals surface area contributed by atoms with Crippen LogP contribution < -0.4 is 15.4 Å². The van der Waals surface area contributed by atoms with Crippen LogP contribution in [0.5, 0.6) is 5.75 Å². The molecule has 0 aliphatic carbocycles. The number of para-hydroxylation sites is 1. The van der Waals surface area contributed by atoms with E-state index >= 15 is 0 Å². The Hall–Kier alpha value is -3.26. The zero-order valence-electron chi connectivity index (χ0n) is 16.8. The normalized spacial score (nSPS) is 12.0. The maximum Gasteiger partial charge on any atom is 0.326 e. The minimum Gasteiger partial charge on any atom is -0.496 e. The number of carboxylic acid groups (broad SMARTS) is 1. The van der Waals surface area contributed by atoms with Gasteiger partial charge in [0.15, 0.2) is 0 Å². The van der Waals surface area contributed by atoms with Crippen molar-refractivity contribution < 1.29 is 24.2 Å². The monoisotopic (exact) mass is 428 g/mol. The highest BCUT2D eigenvalue weighted by molar-refractivity contribution is 7.98. The number of carbonyl (C=O) groups excluding carboxylic acids is 2. The van der Waals surface area contributed by atoms with E-state index in [0.29, 0.717) is 17.1 Å². The molecule has 0 aliphatic rings. The average molecular weight is 429 g/mol. The molecule has 0 spiro atoms. The smallest absolute Gasteiger partial charge is 0.326 e. The lowest BCUT2D eigenvalue weighted by molar-refractivity contribution is -0.141. The largest absolute Gasteiger partial charge is 0.496 e. The summed E-state index contributed by atoms with van der Waals surface area (Å²) in [4.78, 5) is 37.1. The Morgan fingerprint density at radius 1 is 1.10 bits per heavy atom. The van der Waals surface area contributed by atoms with E-state index in [9.17, 15) is 19.5 Å². The summed E-state index contributed by atoms with van der Waals surface area (Å²) >= 11 is 1.48. The van der Waals surface area contributed by atoms with Crippen molar-refractivity contribution in [2.24, 2.45) is 0 Å². The van der Waals surface area contributed by atoms with Gasteiger partial charge in [-0.05, 0) is 42.2 Å². The van der Waals surface area contributed by atoms with E-state index in [-0.39, 0.29) is 17.7 Å². The summed E-state index contributed by atoms with van der Waals surface area (Å²) < 4.78 is 5.21. The zero-order chi connectivity index (χ0) is 21.9. The molecule has 8 heteroatoms. The molecule has 0 aromatic heterocycles. The maximum atomic E-state index is 12.9. The van der Waals surface area contributed by atoms with Crippen molar-refractivity contribution in [1.82, 2.24) is 10.6 Å². The third-order valence-electron chi connectivity index (χ3n) is 4.17. The third-order valence-corrected chi connectivity index (χ3v) is 4.81. The second kappa shape index (κ2) is 11.7. The molecule has 0 fully saturated rings. The summed E-state index contributed by atoms with van der Waals surface area (Å²) in [5, 5.41) is 14.5. The van der Waals surface area contributed by atoms with Crippen molar-refractivity contribution in [3.8, 4) is 5.75 Å². The van der Waals surface area contributed by atoms with Gasteiger partial charge < -0.3 is 20.5 Å². The molecule has 0 unspecified atom stereocenters. The topological polar surface area (TPSA) is 105 Å². The molecule has 2 rings (SSSR count). The van der Waals surface area contributed by atoms with E-state index in [1.54, 1.807) is 48.5 Å². The Balaban J connectivity index is 2.31. The number of ether oxygens (including phenoxy) is 1. The highest BCUT2D eigenvalue weighted by Crippen LogP contribution is 2.18. The van der Waals surface area contributed by atoms with E-state index < -0.39 is 23.8 Å². The summed E-state index contributed by atoms with van der Waals surface area (Å²) in [6, 6.07) is 14.5. The number of methoxy groups -OCH3 is 1. The fourth-order valence-electron chi connectivity index (χ4n) is 2.63. The fraction of sp³-hybridized carbons (Fsp3) is 0.227. The van der Waals surface area contributed by atoms with Crippen LogP contribution in [-0.2, 0) is 9.59 Å². The average Bonchev–Trinajstić information content (AvgIpc) is 2.76. The highest BCUT2D eigenvalue weighted by Gasteiger charge is 2.23. The summed E-state index contributed by atoms with van der Waals surface area (Å²) in [5.41, 5.74) is 0.871. The Labute approximate surface area is 179 Å². The van der Waals surface area contributed by atoms with Gasteiger partial charge in [-0.3, -0.25) is 9.59 Å². The molecule has 0 radical (unpaired) electrons. The number of carbonyl (C=O) groups is 3. The van der Waals surface area contributed by atoms with Crippen molar-refractivity contribution in [3.63, 3.8) is 0 Å². The van der Waals surface area contributed by atoms with Crippen LogP contribution in [0.1, 0.15) is 22.3 Å². The van der Waals surface area contributed by atoms with Gasteiger partial charge in [0.1, 0.15) is 17.5 Å². The van der Waals surface area contributed by atoms with Gasteiger partial charge in [-0.15, -0.1) is 0 Å². The van der Waals surface area contributed by atoms with E-state index in [2.05, 4.69) is 10.6 Å². The van der Waals surface area contributed by atoms with Crippen LogP contribution in [0, 0.1) is 0 Å². The van der Waals surface area contributed by atoms with Crippen molar-refractivity contribution in [2.75, 3.05) is 19.1 Å². The number of aliphatic carboxylic acids is 1. The van der Waals surface area contributed by atoms with Gasteiger partial charge in [0.25, 0.3) is 11.8 Å². The minimum absolute atomic E-state index is 0.0625. The van der Waals surface area contributed by atoms with Crippen LogP contribution in [0.2, 0.25) is 0 Å². The lowest BCUT2D eigenvalue weighted by Gasteiger charge is -2.17. The second-order valence-electron chi connectivity index (χ2n) is 6.27. The van der Waals surface area contributed by atoms with Gasteiger partial charge in [-0.25, -0.2) is 4.79 Å². The molecule has 0 aliphatic heterocycles. The summed E-state index contributed by atoms with van der Waals surface area (Å²) in [5.74, 6) is -1.43. The van der Waals surface area contributed by atoms with Crippen molar-refractivity contribution in [2.45, 2.75) is 12.5 Å². The molecule has 0 bridgehead atoms. The first kappa shape index (κ1) is 23.0. The molecule has 7 nitrogen and oxygen atoms in total. The Morgan fingerprint density at radius 2 is 1.77 bits per heavy atom. The van der Waals surface area contributed by atoms with E-state index in [1.165, 1.54) is 24.9 Å². The molecule has 3 N–H and O–H groups in total. The molecule has 1 atom stereocenters. The molecule has 158 valence electrons. The van der Waals surface area contributed by atoms with Gasteiger partial charge in [0, 0.05) is 0 Å². The number of carboxylic acids is 1. The first-order valence-electron chi connectivity index (χ1n) is 9.20. The number of thioether (sulfide) groups is 1. The Bertz CT molecular complexity index is 915. The van der Waals surface area contributed by atoms with Crippen LogP contribution in [0.4, 0.5) is 0 Å². The zero-order valence-corrected chi connectivity index (χ0v) is 17.6. The third kappa shape index (κ3) is 6.66. The molecule has 2 amide bonds. The summed E-state index contributed by atoms with van der Waals surface area (Å²) in [7, 11) is 1.45. The van der Waals surface area contributed by atoms with Crippen LogP contribution in [0.25, 0.3) is 6.08 Å². The first-order valence-corrected chi connectivity index (χ1v) is 10.6. The van der Waals surface area contributed by atoms with E-state index in [1.807, 2.05) is 12.3 Å². The first-order chi connectivity index (χ1) is 14.5. The Morgan fingerprint density at radius 3 is 2.40 bits per heavy atom.